The summed E-state index contributed by atoms with van der Waals surface area (Å²) >= 11 is 1.67. The molecule has 7 nitrogen and oxygen atoms in total. The summed E-state index contributed by atoms with van der Waals surface area (Å²) in [5, 5.41) is 3.98. The van der Waals surface area contributed by atoms with E-state index in [1.54, 1.807) is 39.3 Å². The highest BCUT2D eigenvalue weighted by Gasteiger charge is 2.53. The molecule has 2 aromatic carbocycles. The molecule has 1 atom stereocenters. The van der Waals surface area contributed by atoms with Crippen molar-refractivity contribution in [1.82, 2.24) is 15.2 Å². The quantitative estimate of drug-likeness (QED) is 0.587. The molecule has 5 rings (SSSR count). The SMILES string of the molecule is CC12CCC(=O)N1c1ccccc1C(=O)N2CC(=O)NCCCc1nc2ccccc2s1. The number of nitrogens with zero attached hydrogens (tertiary/aromatic N) is 3. The van der Waals surface area contributed by atoms with E-state index in [-0.39, 0.29) is 24.3 Å². The number of rotatable bonds is 6. The van der Waals surface area contributed by atoms with Crippen molar-refractivity contribution in [2.24, 2.45) is 0 Å². The Labute approximate surface area is 190 Å². The van der Waals surface area contributed by atoms with Gasteiger partial charge in [0.15, 0.2) is 0 Å². The van der Waals surface area contributed by atoms with Crippen molar-refractivity contribution >= 4 is 45.0 Å². The fourth-order valence-electron chi connectivity index (χ4n) is 4.64. The van der Waals surface area contributed by atoms with Gasteiger partial charge in [-0.15, -0.1) is 11.3 Å². The molecule has 0 spiro atoms. The predicted molar refractivity (Wildman–Crippen MR) is 124 cm³/mol. The third kappa shape index (κ3) is 3.44. The van der Waals surface area contributed by atoms with Crippen LogP contribution in [0.25, 0.3) is 10.2 Å². The average Bonchev–Trinajstić information content (AvgIpc) is 3.35. The van der Waals surface area contributed by atoms with E-state index in [9.17, 15) is 14.4 Å². The molecule has 164 valence electrons. The molecule has 3 amide bonds. The number of aromatic nitrogens is 1. The van der Waals surface area contributed by atoms with Gasteiger partial charge >= 0.3 is 0 Å². The number of anilines is 1. The molecule has 2 aliphatic rings. The zero-order valence-corrected chi connectivity index (χ0v) is 18.7. The zero-order chi connectivity index (χ0) is 22.3. The number of hydrogen-bond acceptors (Lipinski definition) is 5. The van der Waals surface area contributed by atoms with Crippen LogP contribution < -0.4 is 10.2 Å². The smallest absolute Gasteiger partial charge is 0.258 e. The van der Waals surface area contributed by atoms with Gasteiger partial charge in [-0.25, -0.2) is 4.98 Å². The summed E-state index contributed by atoms with van der Waals surface area (Å²) in [4.78, 5) is 46.4. The van der Waals surface area contributed by atoms with Gasteiger partial charge in [0.2, 0.25) is 11.8 Å². The molecule has 1 unspecified atom stereocenters. The molecule has 1 fully saturated rings. The summed E-state index contributed by atoms with van der Waals surface area (Å²) in [6.45, 7) is 2.30. The van der Waals surface area contributed by atoms with Crippen LogP contribution in [-0.2, 0) is 16.0 Å². The second kappa shape index (κ2) is 8.02. The van der Waals surface area contributed by atoms with Crippen LogP contribution in [0.15, 0.2) is 48.5 Å². The number of thiazole rings is 1. The number of hydrogen-bond donors (Lipinski definition) is 1. The van der Waals surface area contributed by atoms with Crippen molar-refractivity contribution < 1.29 is 14.4 Å². The Morgan fingerprint density at radius 1 is 1.16 bits per heavy atom. The van der Waals surface area contributed by atoms with Crippen LogP contribution >= 0.6 is 11.3 Å². The normalized spacial score (nSPS) is 19.9. The van der Waals surface area contributed by atoms with Gasteiger partial charge in [0.1, 0.15) is 12.2 Å². The number of para-hydroxylation sites is 2. The molecule has 1 aromatic heterocycles. The van der Waals surface area contributed by atoms with Crippen LogP contribution in [0.2, 0.25) is 0 Å². The van der Waals surface area contributed by atoms with Gasteiger partial charge < -0.3 is 10.2 Å². The van der Waals surface area contributed by atoms with E-state index in [1.165, 1.54) is 4.70 Å². The molecule has 1 N–H and O–H groups in total. The maximum Gasteiger partial charge on any atom is 0.258 e. The van der Waals surface area contributed by atoms with E-state index >= 15 is 0 Å². The Morgan fingerprint density at radius 2 is 1.94 bits per heavy atom. The molecular formula is C24H24N4O3S. The Bertz CT molecular complexity index is 1190. The Morgan fingerprint density at radius 3 is 2.78 bits per heavy atom. The van der Waals surface area contributed by atoms with Crippen molar-refractivity contribution in [3.63, 3.8) is 0 Å². The van der Waals surface area contributed by atoms with Crippen LogP contribution in [0.3, 0.4) is 0 Å². The lowest BCUT2D eigenvalue weighted by atomic mass is 9.98. The monoisotopic (exact) mass is 448 g/mol. The van der Waals surface area contributed by atoms with Gasteiger partial charge in [-0.05, 0) is 44.0 Å². The van der Waals surface area contributed by atoms with Crippen molar-refractivity contribution in [2.45, 2.75) is 38.3 Å². The first-order valence-corrected chi connectivity index (χ1v) is 11.6. The number of nitrogens with one attached hydrogen (secondary N) is 1. The van der Waals surface area contributed by atoms with Crippen LogP contribution in [0.4, 0.5) is 5.69 Å². The molecule has 3 aromatic rings. The van der Waals surface area contributed by atoms with E-state index in [0.29, 0.717) is 30.6 Å². The van der Waals surface area contributed by atoms with E-state index in [4.69, 9.17) is 0 Å². The molecule has 8 heteroatoms. The average molecular weight is 449 g/mol. The second-order valence-corrected chi connectivity index (χ2v) is 9.50. The molecule has 0 radical (unpaired) electrons. The third-order valence-electron chi connectivity index (χ3n) is 6.28. The van der Waals surface area contributed by atoms with Gasteiger partial charge in [0, 0.05) is 19.4 Å². The first-order chi connectivity index (χ1) is 15.5. The lowest BCUT2D eigenvalue weighted by Crippen LogP contribution is -2.63. The lowest BCUT2D eigenvalue weighted by molar-refractivity contribution is -0.124. The molecule has 3 heterocycles. The largest absolute Gasteiger partial charge is 0.355 e. The number of fused-ring (bicyclic) bond motifs is 4. The molecule has 32 heavy (non-hydrogen) atoms. The topological polar surface area (TPSA) is 82.6 Å². The summed E-state index contributed by atoms with van der Waals surface area (Å²) in [7, 11) is 0. The Balaban J connectivity index is 1.23. The third-order valence-corrected chi connectivity index (χ3v) is 7.37. The van der Waals surface area contributed by atoms with E-state index < -0.39 is 5.66 Å². The minimum Gasteiger partial charge on any atom is -0.355 e. The molecule has 0 aliphatic carbocycles. The van der Waals surface area contributed by atoms with Crippen molar-refractivity contribution in [3.8, 4) is 0 Å². The molecule has 0 saturated carbocycles. The number of carbonyl (C=O) groups is 3. The van der Waals surface area contributed by atoms with Gasteiger partial charge in [0.05, 0.1) is 26.5 Å². The van der Waals surface area contributed by atoms with E-state index in [0.717, 1.165) is 23.4 Å². The van der Waals surface area contributed by atoms with Gasteiger partial charge in [-0.1, -0.05) is 24.3 Å². The molecule has 0 bridgehead atoms. The first-order valence-electron chi connectivity index (χ1n) is 10.8. The fraction of sp³-hybridized carbons (Fsp3) is 0.333. The fourth-order valence-corrected chi connectivity index (χ4v) is 5.64. The van der Waals surface area contributed by atoms with Crippen LogP contribution in [-0.4, -0.2) is 46.4 Å². The number of aryl methyl sites for hydroxylation is 1. The van der Waals surface area contributed by atoms with Gasteiger partial charge in [0.25, 0.3) is 5.91 Å². The summed E-state index contributed by atoms with van der Waals surface area (Å²) in [5.74, 6) is -0.449. The van der Waals surface area contributed by atoms with Crippen molar-refractivity contribution in [3.05, 3.63) is 59.1 Å². The molecule has 1 saturated heterocycles. The van der Waals surface area contributed by atoms with E-state index in [2.05, 4.69) is 16.4 Å². The summed E-state index contributed by atoms with van der Waals surface area (Å²) in [5.41, 5.74) is 1.28. The lowest BCUT2D eigenvalue weighted by Gasteiger charge is -2.48. The highest BCUT2D eigenvalue weighted by molar-refractivity contribution is 7.18. The maximum atomic E-state index is 13.2. The number of benzene rings is 2. The van der Waals surface area contributed by atoms with Crippen LogP contribution in [0.1, 0.15) is 41.6 Å². The van der Waals surface area contributed by atoms with Crippen LogP contribution in [0.5, 0.6) is 0 Å². The highest BCUT2D eigenvalue weighted by atomic mass is 32.1. The highest BCUT2D eigenvalue weighted by Crippen LogP contribution is 2.43. The molecule has 2 aliphatic heterocycles. The van der Waals surface area contributed by atoms with Crippen molar-refractivity contribution in [2.75, 3.05) is 18.0 Å². The zero-order valence-electron chi connectivity index (χ0n) is 17.8. The summed E-state index contributed by atoms with van der Waals surface area (Å²) < 4.78 is 1.17. The first kappa shape index (κ1) is 20.6. The minimum absolute atomic E-state index is 0.0197. The second-order valence-electron chi connectivity index (χ2n) is 8.38. The van der Waals surface area contributed by atoms with Gasteiger partial charge in [-0.3, -0.25) is 19.3 Å². The summed E-state index contributed by atoms with van der Waals surface area (Å²) in [6, 6.07) is 15.2. The number of amides is 3. The standard InChI is InChI=1S/C24H24N4O3S/c1-24-13-12-22(30)28(24)18-9-4-2-7-16(18)23(31)27(24)15-20(29)25-14-6-11-21-26-17-8-3-5-10-19(17)32-21/h2-5,7-10H,6,11-15H2,1H3,(H,25,29). The Kier molecular flexibility index (Phi) is 5.17. The Hall–Kier alpha value is -3.26. The minimum atomic E-state index is -0.819. The summed E-state index contributed by atoms with van der Waals surface area (Å²) in [6.07, 6.45) is 2.43. The van der Waals surface area contributed by atoms with Crippen LogP contribution in [0, 0.1) is 0 Å². The number of carbonyl (C=O) groups excluding carboxylic acids is 3. The predicted octanol–water partition coefficient (Wildman–Crippen LogP) is 3.34. The van der Waals surface area contributed by atoms with E-state index in [1.807, 2.05) is 31.2 Å². The maximum absolute atomic E-state index is 13.2. The van der Waals surface area contributed by atoms with Gasteiger partial charge in [-0.2, -0.15) is 0 Å². The van der Waals surface area contributed by atoms with Crippen molar-refractivity contribution in [1.29, 1.82) is 0 Å². The molecular weight excluding hydrogens is 424 g/mol.